The summed E-state index contributed by atoms with van der Waals surface area (Å²) in [4.78, 5) is 24.8. The molecule has 0 atom stereocenters. The van der Waals surface area contributed by atoms with Gasteiger partial charge in [-0.05, 0) is 50.1 Å². The van der Waals surface area contributed by atoms with Crippen LogP contribution < -0.4 is 21.7 Å². The molecular weight excluding hydrogens is 511 g/mol. The van der Waals surface area contributed by atoms with Crippen LogP contribution >= 0.6 is 11.6 Å². The molecule has 206 valence electrons. The number of unbranched alkanes of at least 4 members (excludes halogenated alkanes) is 5. The molecule has 0 spiro atoms. The molecule has 1 aromatic carbocycles. The van der Waals surface area contributed by atoms with E-state index in [0.717, 1.165) is 38.5 Å². The molecule has 9 nitrogen and oxygen atoms in total. The second kappa shape index (κ2) is 16.9. The minimum atomic E-state index is -4.45. The van der Waals surface area contributed by atoms with Crippen LogP contribution in [-0.2, 0) is 11.3 Å². The lowest BCUT2D eigenvalue weighted by molar-refractivity contribution is -0.177. The Morgan fingerprint density at radius 2 is 1.59 bits per heavy atom. The Balaban J connectivity index is 1.99. The predicted molar refractivity (Wildman–Crippen MR) is 138 cm³/mol. The summed E-state index contributed by atoms with van der Waals surface area (Å²) in [6.45, 7) is -0.0231. The fourth-order valence-electron chi connectivity index (χ4n) is 3.26. The second-order valence-electron chi connectivity index (χ2n) is 8.34. The monoisotopic (exact) mass is 545 g/mol. The number of ether oxygens (including phenoxy) is 1. The van der Waals surface area contributed by atoms with Gasteiger partial charge in [0.05, 0.1) is 0 Å². The molecule has 1 aromatic heterocycles. The van der Waals surface area contributed by atoms with Gasteiger partial charge in [-0.2, -0.15) is 28.1 Å². The number of nitrogens with one attached hydrogen (secondary N) is 3. The van der Waals surface area contributed by atoms with Gasteiger partial charge in [0.15, 0.2) is 5.82 Å². The summed E-state index contributed by atoms with van der Waals surface area (Å²) in [5, 5.41) is 8.88. The van der Waals surface area contributed by atoms with Gasteiger partial charge in [-0.3, -0.25) is 4.79 Å². The number of rotatable bonds is 18. The largest absolute Gasteiger partial charge is 0.411 e. The molecule has 13 heteroatoms. The van der Waals surface area contributed by atoms with E-state index in [0.29, 0.717) is 43.2 Å². The van der Waals surface area contributed by atoms with Gasteiger partial charge in [-0.25, -0.2) is 0 Å². The molecule has 0 saturated heterocycles. The third-order valence-electron chi connectivity index (χ3n) is 5.09. The third-order valence-corrected chi connectivity index (χ3v) is 5.36. The first-order valence-electron chi connectivity index (χ1n) is 12.4. The molecule has 5 N–H and O–H groups in total. The average Bonchev–Trinajstić information content (AvgIpc) is 2.85. The van der Waals surface area contributed by atoms with Crippen molar-refractivity contribution in [3.05, 3.63) is 35.7 Å². The molecule has 2 aromatic rings. The Bertz CT molecular complexity index is 934. The van der Waals surface area contributed by atoms with Crippen molar-refractivity contribution in [3.8, 4) is 0 Å². The van der Waals surface area contributed by atoms with Gasteiger partial charge in [0.1, 0.15) is 13.2 Å². The van der Waals surface area contributed by atoms with E-state index >= 15 is 0 Å². The highest BCUT2D eigenvalue weighted by Crippen LogP contribution is 2.18. The number of amides is 1. The molecule has 0 aliphatic rings. The first-order valence-corrected chi connectivity index (χ1v) is 12.9. The molecule has 1 heterocycles. The van der Waals surface area contributed by atoms with Gasteiger partial charge in [0.25, 0.3) is 5.91 Å². The number of aromatic nitrogens is 3. The lowest BCUT2D eigenvalue weighted by Crippen LogP contribution is -2.24. The fraction of sp³-hybridized carbons (Fsp3) is 0.583. The minimum Gasteiger partial charge on any atom is -0.364 e. The van der Waals surface area contributed by atoms with Crippen LogP contribution in [0.5, 0.6) is 0 Å². The Hall–Kier alpha value is -2.70. The van der Waals surface area contributed by atoms with Gasteiger partial charge in [0, 0.05) is 30.2 Å². The van der Waals surface area contributed by atoms with Crippen LogP contribution in [0.1, 0.15) is 61.1 Å². The minimum absolute atomic E-state index is 0.0568. The Kier molecular flexibility index (Phi) is 14.0. The zero-order valence-corrected chi connectivity index (χ0v) is 21.5. The highest BCUT2D eigenvalue weighted by Gasteiger charge is 2.27. The van der Waals surface area contributed by atoms with Crippen LogP contribution in [0, 0.1) is 0 Å². The highest BCUT2D eigenvalue weighted by molar-refractivity contribution is 6.17. The van der Waals surface area contributed by atoms with Crippen LogP contribution in [0.3, 0.4) is 0 Å². The Morgan fingerprint density at radius 1 is 0.919 bits per heavy atom. The smallest absolute Gasteiger partial charge is 0.364 e. The van der Waals surface area contributed by atoms with Crippen molar-refractivity contribution in [2.75, 3.05) is 42.8 Å². The summed E-state index contributed by atoms with van der Waals surface area (Å²) < 4.78 is 42.1. The normalized spacial score (nSPS) is 11.4. The fourth-order valence-corrected chi connectivity index (χ4v) is 3.39. The first-order chi connectivity index (χ1) is 17.8. The number of carbonyl (C=O) groups is 1. The molecule has 1 amide bonds. The summed E-state index contributed by atoms with van der Waals surface area (Å²) in [6, 6.07) is 6.63. The molecule has 0 saturated carbocycles. The average molecular weight is 546 g/mol. The summed E-state index contributed by atoms with van der Waals surface area (Å²) in [6.07, 6.45) is 2.53. The van der Waals surface area contributed by atoms with Crippen molar-refractivity contribution in [3.63, 3.8) is 0 Å². The molecule has 37 heavy (non-hydrogen) atoms. The zero-order valence-electron chi connectivity index (χ0n) is 20.7. The van der Waals surface area contributed by atoms with Crippen LogP contribution in [0.25, 0.3) is 0 Å². The highest BCUT2D eigenvalue weighted by atomic mass is 35.5. The van der Waals surface area contributed by atoms with Crippen LogP contribution in [0.4, 0.5) is 30.8 Å². The van der Waals surface area contributed by atoms with E-state index in [1.54, 1.807) is 24.3 Å². The van der Waals surface area contributed by atoms with Crippen molar-refractivity contribution in [1.82, 2.24) is 20.3 Å². The number of hydrogen-bond donors (Lipinski definition) is 4. The van der Waals surface area contributed by atoms with Crippen molar-refractivity contribution >= 4 is 35.1 Å². The van der Waals surface area contributed by atoms with E-state index in [4.69, 9.17) is 22.1 Å². The van der Waals surface area contributed by atoms with Crippen LogP contribution in [0.2, 0.25) is 0 Å². The van der Waals surface area contributed by atoms with Gasteiger partial charge in [0.2, 0.25) is 11.9 Å². The zero-order chi connectivity index (χ0) is 26.9. The van der Waals surface area contributed by atoms with Crippen molar-refractivity contribution < 1.29 is 22.7 Å². The van der Waals surface area contributed by atoms with E-state index in [2.05, 4.69) is 30.9 Å². The maximum atomic E-state index is 12.5. The number of anilines is 3. The van der Waals surface area contributed by atoms with E-state index in [1.807, 2.05) is 0 Å². The quantitative estimate of drug-likeness (QED) is 0.156. The van der Waals surface area contributed by atoms with E-state index in [1.165, 1.54) is 0 Å². The standard InChI is InChI=1S/C24H35ClF3N7O2/c25-12-7-15-30-21(36)18-8-10-19(11-9-18)32-23-34-20(16-37-17-24(26,27)28)33-22(35-23)31-14-6-4-2-1-3-5-13-29/h8-11H,1-7,12-17,29H2,(H,30,36)(H2,31,32,33,34,35). The molecule has 0 unspecified atom stereocenters. The number of carbonyl (C=O) groups excluding carboxylic acids is 1. The van der Waals surface area contributed by atoms with Gasteiger partial charge in [-0.1, -0.05) is 25.7 Å². The topological polar surface area (TPSA) is 127 Å². The number of halogens is 4. The Labute approximate surface area is 220 Å². The molecule has 2 rings (SSSR count). The lowest BCUT2D eigenvalue weighted by Gasteiger charge is -2.12. The maximum Gasteiger partial charge on any atom is 0.411 e. The predicted octanol–water partition coefficient (Wildman–Crippen LogP) is 4.76. The molecule has 0 fully saturated rings. The maximum absolute atomic E-state index is 12.5. The molecular formula is C24H35ClF3N7O2. The summed E-state index contributed by atoms with van der Waals surface area (Å²) in [5.74, 6) is 0.684. The van der Waals surface area contributed by atoms with Crippen molar-refractivity contribution in [2.24, 2.45) is 5.73 Å². The van der Waals surface area contributed by atoms with E-state index in [9.17, 15) is 18.0 Å². The second-order valence-corrected chi connectivity index (χ2v) is 8.72. The number of benzene rings is 1. The molecule has 0 bridgehead atoms. The summed E-state index contributed by atoms with van der Waals surface area (Å²) in [5.41, 5.74) is 6.57. The molecule has 0 aliphatic carbocycles. The Morgan fingerprint density at radius 3 is 2.27 bits per heavy atom. The van der Waals surface area contributed by atoms with Crippen molar-refractivity contribution in [1.29, 1.82) is 0 Å². The first kappa shape index (κ1) is 30.5. The third kappa shape index (κ3) is 13.4. The SMILES string of the molecule is NCCCCCCCCNc1nc(COCC(F)(F)F)nc(Nc2ccc(C(=O)NCCCCl)cc2)n1. The lowest BCUT2D eigenvalue weighted by atomic mass is 10.1. The molecule has 0 aliphatic heterocycles. The summed E-state index contributed by atoms with van der Waals surface area (Å²) >= 11 is 5.62. The summed E-state index contributed by atoms with van der Waals surface area (Å²) in [7, 11) is 0. The number of nitrogens with two attached hydrogens (primary N) is 1. The van der Waals surface area contributed by atoms with Crippen LogP contribution in [0.15, 0.2) is 24.3 Å². The van der Waals surface area contributed by atoms with E-state index in [-0.39, 0.29) is 23.6 Å². The number of hydrogen-bond acceptors (Lipinski definition) is 8. The number of nitrogens with zero attached hydrogens (tertiary/aromatic N) is 3. The van der Waals surface area contributed by atoms with E-state index < -0.39 is 19.4 Å². The van der Waals surface area contributed by atoms with Gasteiger partial charge >= 0.3 is 6.18 Å². The van der Waals surface area contributed by atoms with Crippen molar-refractivity contribution in [2.45, 2.75) is 57.7 Å². The van der Waals surface area contributed by atoms with Gasteiger partial charge in [-0.15, -0.1) is 11.6 Å². The van der Waals surface area contributed by atoms with Crippen LogP contribution in [-0.4, -0.2) is 59.2 Å². The number of alkyl halides is 4. The van der Waals surface area contributed by atoms with Gasteiger partial charge < -0.3 is 26.4 Å². The molecule has 0 radical (unpaired) electrons.